The summed E-state index contributed by atoms with van der Waals surface area (Å²) in [5.41, 5.74) is 0.903. The van der Waals surface area contributed by atoms with Gasteiger partial charge in [0, 0.05) is 37.4 Å². The Morgan fingerprint density at radius 1 is 1.55 bits per heavy atom. The van der Waals surface area contributed by atoms with E-state index >= 15 is 0 Å². The van der Waals surface area contributed by atoms with Gasteiger partial charge in [-0.05, 0) is 30.2 Å². The van der Waals surface area contributed by atoms with Crippen molar-refractivity contribution in [2.24, 2.45) is 5.92 Å². The second-order valence-corrected chi connectivity index (χ2v) is 6.47. The molecule has 1 saturated carbocycles. The molecule has 1 fully saturated rings. The van der Waals surface area contributed by atoms with E-state index in [4.69, 9.17) is 4.42 Å². The van der Waals surface area contributed by atoms with Crippen LogP contribution in [-0.4, -0.2) is 45.8 Å². The van der Waals surface area contributed by atoms with E-state index in [2.05, 4.69) is 10.2 Å². The van der Waals surface area contributed by atoms with Crippen molar-refractivity contribution in [3.05, 3.63) is 22.7 Å². The zero-order valence-corrected chi connectivity index (χ0v) is 13.3. The largest absolute Gasteiger partial charge is 0.421 e. The van der Waals surface area contributed by atoms with Gasteiger partial charge in [0.2, 0.25) is 17.7 Å². The van der Waals surface area contributed by atoms with Gasteiger partial charge in [0.05, 0.1) is 6.10 Å². The Hall–Kier alpha value is -1.73. The van der Waals surface area contributed by atoms with Gasteiger partial charge in [0.1, 0.15) is 0 Å². The fourth-order valence-electron chi connectivity index (χ4n) is 2.27. The third-order valence-corrected chi connectivity index (χ3v) is 4.52. The number of nitrogens with zero attached hydrogens (tertiary/aromatic N) is 3. The lowest BCUT2D eigenvalue weighted by Crippen LogP contribution is -2.35. The topological polar surface area (TPSA) is 79.5 Å². The molecule has 6 nitrogen and oxygen atoms in total. The molecule has 1 unspecified atom stereocenters. The van der Waals surface area contributed by atoms with Crippen LogP contribution in [-0.2, 0) is 11.2 Å². The first-order valence-electron chi connectivity index (χ1n) is 7.40. The van der Waals surface area contributed by atoms with Gasteiger partial charge >= 0.3 is 0 Å². The van der Waals surface area contributed by atoms with Crippen molar-refractivity contribution in [1.29, 1.82) is 0 Å². The van der Waals surface area contributed by atoms with Crippen molar-refractivity contribution in [3.8, 4) is 11.5 Å². The van der Waals surface area contributed by atoms with Crippen molar-refractivity contribution in [2.45, 2.75) is 31.8 Å². The van der Waals surface area contributed by atoms with Crippen molar-refractivity contribution in [2.75, 3.05) is 13.6 Å². The molecule has 1 aliphatic carbocycles. The highest BCUT2D eigenvalue weighted by Crippen LogP contribution is 2.32. The van der Waals surface area contributed by atoms with Gasteiger partial charge in [-0.2, -0.15) is 11.3 Å². The monoisotopic (exact) mass is 321 g/mol. The van der Waals surface area contributed by atoms with Gasteiger partial charge in [-0.3, -0.25) is 4.79 Å². The maximum atomic E-state index is 12.1. The minimum atomic E-state index is -0.400. The normalized spacial score (nSPS) is 15.7. The highest BCUT2D eigenvalue weighted by molar-refractivity contribution is 7.08. The molecule has 0 aliphatic heterocycles. The smallest absolute Gasteiger partial charge is 0.248 e. The van der Waals surface area contributed by atoms with Crippen LogP contribution in [0.2, 0.25) is 0 Å². The molecule has 1 amide bonds. The fourth-order valence-corrected chi connectivity index (χ4v) is 2.90. The number of aliphatic hydroxyl groups excluding tert-OH is 1. The molecule has 0 aromatic carbocycles. The third-order valence-electron chi connectivity index (χ3n) is 3.84. The number of likely N-dealkylation sites (N-methyl/N-ethyl adjacent to an activating group) is 1. The molecule has 0 bridgehead atoms. The van der Waals surface area contributed by atoms with Crippen molar-refractivity contribution in [3.63, 3.8) is 0 Å². The molecule has 0 spiro atoms. The summed E-state index contributed by atoms with van der Waals surface area (Å²) >= 11 is 1.57. The molecule has 118 valence electrons. The molecule has 1 atom stereocenters. The summed E-state index contributed by atoms with van der Waals surface area (Å²) in [6.07, 6.45) is 2.45. The number of carbonyl (C=O) groups excluding carboxylic acids is 1. The molecular weight excluding hydrogens is 302 g/mol. The van der Waals surface area contributed by atoms with E-state index in [-0.39, 0.29) is 5.91 Å². The summed E-state index contributed by atoms with van der Waals surface area (Å²) in [5, 5.41) is 21.7. The molecule has 22 heavy (non-hydrogen) atoms. The molecule has 7 heteroatoms. The Morgan fingerprint density at radius 2 is 2.36 bits per heavy atom. The number of aliphatic hydroxyl groups is 1. The van der Waals surface area contributed by atoms with Crippen LogP contribution >= 0.6 is 11.3 Å². The van der Waals surface area contributed by atoms with Crippen LogP contribution in [0.3, 0.4) is 0 Å². The molecular formula is C15H19N3O3S. The number of thiophene rings is 1. The summed E-state index contributed by atoms with van der Waals surface area (Å²) in [5.74, 6) is 1.31. The Labute approximate surface area is 132 Å². The number of amides is 1. The van der Waals surface area contributed by atoms with Crippen LogP contribution in [0.5, 0.6) is 0 Å². The van der Waals surface area contributed by atoms with Crippen LogP contribution in [0.15, 0.2) is 21.2 Å². The molecule has 2 heterocycles. The van der Waals surface area contributed by atoms with E-state index in [0.717, 1.165) is 18.4 Å². The minimum absolute atomic E-state index is 0.0185. The SMILES string of the molecule is CN(CC(O)C1CC1)C(=O)CCc1nnc(-c2ccsc2)o1. The molecule has 2 aromatic rings. The lowest BCUT2D eigenvalue weighted by molar-refractivity contribution is -0.131. The first kappa shape index (κ1) is 15.2. The van der Waals surface area contributed by atoms with Gasteiger partial charge < -0.3 is 14.4 Å². The van der Waals surface area contributed by atoms with Crippen molar-refractivity contribution < 1.29 is 14.3 Å². The van der Waals surface area contributed by atoms with Crippen LogP contribution in [0.1, 0.15) is 25.2 Å². The Balaban J connectivity index is 1.48. The second-order valence-electron chi connectivity index (χ2n) is 5.69. The van der Waals surface area contributed by atoms with Crippen molar-refractivity contribution in [1.82, 2.24) is 15.1 Å². The molecule has 0 radical (unpaired) electrons. The van der Waals surface area contributed by atoms with Gasteiger partial charge in [-0.1, -0.05) is 0 Å². The lowest BCUT2D eigenvalue weighted by Gasteiger charge is -2.20. The number of aryl methyl sites for hydroxylation is 1. The lowest BCUT2D eigenvalue weighted by atomic mass is 10.2. The van der Waals surface area contributed by atoms with Crippen molar-refractivity contribution >= 4 is 17.2 Å². The second kappa shape index (κ2) is 6.58. The third kappa shape index (κ3) is 3.72. The predicted octanol–water partition coefficient (Wildman–Crippen LogP) is 1.96. The quantitative estimate of drug-likeness (QED) is 0.843. The average molecular weight is 321 g/mol. The number of aromatic nitrogens is 2. The highest BCUT2D eigenvalue weighted by atomic mass is 32.1. The van der Waals surface area contributed by atoms with Crippen LogP contribution in [0.4, 0.5) is 0 Å². The highest BCUT2D eigenvalue weighted by Gasteiger charge is 2.31. The molecule has 0 saturated heterocycles. The van der Waals surface area contributed by atoms with Crippen LogP contribution in [0.25, 0.3) is 11.5 Å². The first-order chi connectivity index (χ1) is 10.6. The number of rotatable bonds is 7. The van der Waals surface area contributed by atoms with Gasteiger partial charge in [-0.15, -0.1) is 10.2 Å². The Kier molecular flexibility index (Phi) is 4.54. The van der Waals surface area contributed by atoms with Gasteiger partial charge in [-0.25, -0.2) is 0 Å². The van der Waals surface area contributed by atoms with E-state index in [1.165, 1.54) is 0 Å². The molecule has 3 rings (SSSR count). The average Bonchev–Trinajstić information content (AvgIpc) is 3.02. The molecule has 2 aromatic heterocycles. The summed E-state index contributed by atoms with van der Waals surface area (Å²) in [6.45, 7) is 0.396. The van der Waals surface area contributed by atoms with Crippen LogP contribution in [0, 0.1) is 5.92 Å². The maximum absolute atomic E-state index is 12.1. The number of carbonyl (C=O) groups is 1. The Bertz CT molecular complexity index is 622. The molecule has 1 N–H and O–H groups in total. The maximum Gasteiger partial charge on any atom is 0.248 e. The van der Waals surface area contributed by atoms with E-state index in [1.807, 2.05) is 16.8 Å². The Morgan fingerprint density at radius 3 is 3.05 bits per heavy atom. The summed E-state index contributed by atoms with van der Waals surface area (Å²) in [4.78, 5) is 13.6. The summed E-state index contributed by atoms with van der Waals surface area (Å²) in [6, 6.07) is 1.92. The summed E-state index contributed by atoms with van der Waals surface area (Å²) < 4.78 is 5.55. The number of hydrogen-bond acceptors (Lipinski definition) is 6. The molecule has 1 aliphatic rings. The van der Waals surface area contributed by atoms with E-state index < -0.39 is 6.10 Å². The zero-order chi connectivity index (χ0) is 15.5. The first-order valence-corrected chi connectivity index (χ1v) is 8.34. The van der Waals surface area contributed by atoms with Gasteiger partial charge in [0.25, 0.3) is 0 Å². The van der Waals surface area contributed by atoms with E-state index in [1.54, 1.807) is 23.3 Å². The van der Waals surface area contributed by atoms with Gasteiger partial charge in [0.15, 0.2) is 0 Å². The van der Waals surface area contributed by atoms with Crippen LogP contribution < -0.4 is 0 Å². The fraction of sp³-hybridized carbons (Fsp3) is 0.533. The minimum Gasteiger partial charge on any atom is -0.421 e. The summed E-state index contributed by atoms with van der Waals surface area (Å²) in [7, 11) is 1.72. The van der Waals surface area contributed by atoms with E-state index in [9.17, 15) is 9.90 Å². The zero-order valence-electron chi connectivity index (χ0n) is 12.4. The van der Waals surface area contributed by atoms with E-state index in [0.29, 0.717) is 37.1 Å². The number of hydrogen-bond donors (Lipinski definition) is 1. The standard InChI is InChI=1S/C15H19N3O3S/c1-18(8-12(19)10-2-3-10)14(20)5-4-13-16-17-15(21-13)11-6-7-22-9-11/h6-7,9-10,12,19H,2-5,8H2,1H3. The predicted molar refractivity (Wildman–Crippen MR) is 82.3 cm³/mol.